The van der Waals surface area contributed by atoms with Gasteiger partial charge in [0.05, 0.1) is 6.61 Å². The monoisotopic (exact) mass is 308 g/mol. The number of hydrogen-bond donors (Lipinski definition) is 1. The lowest BCUT2D eigenvalue weighted by molar-refractivity contribution is -0.0301. The van der Waals surface area contributed by atoms with Gasteiger partial charge in [0.25, 0.3) is 0 Å². The van der Waals surface area contributed by atoms with Crippen molar-refractivity contribution in [2.45, 2.75) is 18.1 Å². The fourth-order valence-corrected chi connectivity index (χ4v) is 2.98. The number of aliphatic hydroxyl groups is 1. The first kappa shape index (κ1) is 13.9. The van der Waals surface area contributed by atoms with Crippen molar-refractivity contribution in [2.75, 3.05) is 6.61 Å². The molecule has 1 aliphatic rings. The standard InChI is InChI=1S/C16H14Cl2O2/c1-15(19,11-6-8-12(17)9-7-11)16(10-20-16)13-4-2-3-5-14(13)18/h2-9,19H,10H2,1H3. The molecule has 0 amide bonds. The lowest BCUT2D eigenvalue weighted by Crippen LogP contribution is -2.38. The van der Waals surface area contributed by atoms with Crippen molar-refractivity contribution in [1.82, 2.24) is 0 Å². The van der Waals surface area contributed by atoms with Crippen molar-refractivity contribution in [1.29, 1.82) is 0 Å². The Morgan fingerprint density at radius 1 is 1.10 bits per heavy atom. The number of benzene rings is 2. The lowest BCUT2D eigenvalue weighted by atomic mass is 9.78. The van der Waals surface area contributed by atoms with E-state index < -0.39 is 11.2 Å². The molecular weight excluding hydrogens is 295 g/mol. The molecule has 2 unspecified atom stereocenters. The molecule has 1 fully saturated rings. The Bertz CT molecular complexity index is 631. The SMILES string of the molecule is CC(O)(c1ccc(Cl)cc1)C1(c2ccccc2Cl)CO1. The van der Waals surface area contributed by atoms with Gasteiger partial charge in [0.2, 0.25) is 0 Å². The fourth-order valence-electron chi connectivity index (χ4n) is 2.57. The van der Waals surface area contributed by atoms with Crippen LogP contribution < -0.4 is 0 Å². The molecular formula is C16H14Cl2O2. The molecule has 20 heavy (non-hydrogen) atoms. The molecule has 1 heterocycles. The van der Waals surface area contributed by atoms with Crippen LogP contribution >= 0.6 is 23.2 Å². The quantitative estimate of drug-likeness (QED) is 0.865. The third-order valence-corrected chi connectivity index (χ3v) is 4.52. The van der Waals surface area contributed by atoms with Gasteiger partial charge in [-0.2, -0.15) is 0 Å². The summed E-state index contributed by atoms with van der Waals surface area (Å²) in [5.41, 5.74) is -0.414. The molecule has 0 saturated carbocycles. The third kappa shape index (κ3) is 2.04. The number of hydrogen-bond acceptors (Lipinski definition) is 2. The van der Waals surface area contributed by atoms with Crippen LogP contribution in [0, 0.1) is 0 Å². The third-order valence-electron chi connectivity index (χ3n) is 3.93. The van der Waals surface area contributed by atoms with Crippen LogP contribution in [-0.4, -0.2) is 11.7 Å². The van der Waals surface area contributed by atoms with Gasteiger partial charge in [-0.15, -0.1) is 0 Å². The highest BCUT2D eigenvalue weighted by molar-refractivity contribution is 6.31. The van der Waals surface area contributed by atoms with Gasteiger partial charge in [0.15, 0.2) is 5.60 Å². The molecule has 1 saturated heterocycles. The average Bonchev–Trinajstić information content (AvgIpc) is 3.21. The van der Waals surface area contributed by atoms with Gasteiger partial charge in [0, 0.05) is 15.6 Å². The van der Waals surface area contributed by atoms with E-state index in [1.165, 1.54) is 0 Å². The molecule has 2 aromatic rings. The summed E-state index contributed by atoms with van der Waals surface area (Å²) in [5.74, 6) is 0. The van der Waals surface area contributed by atoms with Crippen molar-refractivity contribution in [3.63, 3.8) is 0 Å². The van der Waals surface area contributed by atoms with E-state index in [1.807, 2.05) is 30.3 Å². The van der Waals surface area contributed by atoms with Crippen molar-refractivity contribution >= 4 is 23.2 Å². The molecule has 2 atom stereocenters. The molecule has 4 heteroatoms. The predicted octanol–water partition coefficient (Wildman–Crippen LogP) is 4.13. The molecule has 1 N–H and O–H groups in total. The maximum atomic E-state index is 11.0. The number of epoxide rings is 1. The maximum absolute atomic E-state index is 11.0. The number of rotatable bonds is 3. The van der Waals surface area contributed by atoms with Crippen LogP contribution in [0.25, 0.3) is 0 Å². The second-order valence-corrected chi connectivity index (χ2v) is 6.02. The predicted molar refractivity (Wildman–Crippen MR) is 80.1 cm³/mol. The summed E-state index contributed by atoms with van der Waals surface area (Å²) in [6.07, 6.45) is 0. The Morgan fingerprint density at radius 2 is 1.70 bits per heavy atom. The molecule has 3 rings (SSSR count). The average molecular weight is 309 g/mol. The molecule has 0 radical (unpaired) electrons. The largest absolute Gasteiger partial charge is 0.382 e. The van der Waals surface area contributed by atoms with Crippen LogP contribution in [0.2, 0.25) is 10.0 Å². The van der Waals surface area contributed by atoms with Crippen LogP contribution in [-0.2, 0) is 15.9 Å². The highest BCUT2D eigenvalue weighted by Gasteiger charge is 2.61. The summed E-state index contributed by atoms with van der Waals surface area (Å²) in [6, 6.07) is 14.6. The second kappa shape index (κ2) is 4.74. The topological polar surface area (TPSA) is 32.8 Å². The lowest BCUT2D eigenvalue weighted by Gasteiger charge is -2.32. The zero-order valence-corrected chi connectivity index (χ0v) is 12.4. The first-order valence-electron chi connectivity index (χ1n) is 6.35. The summed E-state index contributed by atoms with van der Waals surface area (Å²) in [7, 11) is 0. The van der Waals surface area contributed by atoms with Gasteiger partial charge in [-0.25, -0.2) is 0 Å². The van der Waals surface area contributed by atoms with E-state index in [9.17, 15) is 5.11 Å². The van der Waals surface area contributed by atoms with Gasteiger partial charge >= 0.3 is 0 Å². The molecule has 0 spiro atoms. The van der Waals surface area contributed by atoms with E-state index in [0.29, 0.717) is 16.7 Å². The molecule has 2 aromatic carbocycles. The minimum Gasteiger partial charge on any atom is -0.382 e. The van der Waals surface area contributed by atoms with Gasteiger partial charge in [-0.1, -0.05) is 53.5 Å². The molecule has 0 aromatic heterocycles. The minimum absolute atomic E-state index is 0.437. The smallest absolute Gasteiger partial charge is 0.150 e. The van der Waals surface area contributed by atoms with Gasteiger partial charge in [0.1, 0.15) is 5.60 Å². The first-order valence-corrected chi connectivity index (χ1v) is 7.10. The van der Waals surface area contributed by atoms with Crippen molar-refractivity contribution in [2.24, 2.45) is 0 Å². The van der Waals surface area contributed by atoms with E-state index in [4.69, 9.17) is 27.9 Å². The fraction of sp³-hybridized carbons (Fsp3) is 0.250. The Hall–Kier alpha value is -1.06. The molecule has 0 aliphatic carbocycles. The summed E-state index contributed by atoms with van der Waals surface area (Å²) >= 11 is 12.2. The van der Waals surface area contributed by atoms with Crippen molar-refractivity contribution in [3.05, 3.63) is 69.7 Å². The van der Waals surface area contributed by atoms with Crippen LogP contribution in [0.1, 0.15) is 18.1 Å². The molecule has 104 valence electrons. The zero-order chi connectivity index (χ0) is 14.4. The van der Waals surface area contributed by atoms with E-state index in [0.717, 1.165) is 11.1 Å². The van der Waals surface area contributed by atoms with E-state index in [1.54, 1.807) is 25.1 Å². The van der Waals surface area contributed by atoms with E-state index >= 15 is 0 Å². The van der Waals surface area contributed by atoms with Gasteiger partial charge < -0.3 is 9.84 Å². The maximum Gasteiger partial charge on any atom is 0.150 e. The van der Waals surface area contributed by atoms with Crippen LogP contribution in [0.3, 0.4) is 0 Å². The Morgan fingerprint density at radius 3 is 2.25 bits per heavy atom. The molecule has 1 aliphatic heterocycles. The Kier molecular flexibility index (Phi) is 3.30. The zero-order valence-electron chi connectivity index (χ0n) is 10.9. The van der Waals surface area contributed by atoms with Crippen LogP contribution in [0.4, 0.5) is 0 Å². The molecule has 2 nitrogen and oxygen atoms in total. The van der Waals surface area contributed by atoms with Gasteiger partial charge in [-0.3, -0.25) is 0 Å². The van der Waals surface area contributed by atoms with E-state index in [2.05, 4.69) is 0 Å². The normalized spacial score (nSPS) is 24.2. The summed E-state index contributed by atoms with van der Waals surface area (Å²) in [5, 5.41) is 12.2. The highest BCUT2D eigenvalue weighted by atomic mass is 35.5. The Labute approximate surface area is 127 Å². The van der Waals surface area contributed by atoms with Crippen LogP contribution in [0.15, 0.2) is 48.5 Å². The molecule has 0 bridgehead atoms. The van der Waals surface area contributed by atoms with Gasteiger partial charge in [-0.05, 0) is 30.7 Å². The summed E-state index contributed by atoms with van der Waals surface area (Å²) in [4.78, 5) is 0. The highest BCUT2D eigenvalue weighted by Crippen LogP contribution is 2.54. The van der Waals surface area contributed by atoms with Crippen molar-refractivity contribution < 1.29 is 9.84 Å². The Balaban J connectivity index is 2.07. The first-order chi connectivity index (χ1) is 9.47. The summed E-state index contributed by atoms with van der Waals surface area (Å²) < 4.78 is 5.65. The summed E-state index contributed by atoms with van der Waals surface area (Å²) in [6.45, 7) is 2.18. The number of ether oxygens (including phenoxy) is 1. The van der Waals surface area contributed by atoms with Crippen molar-refractivity contribution in [3.8, 4) is 0 Å². The second-order valence-electron chi connectivity index (χ2n) is 5.17. The van der Waals surface area contributed by atoms with Crippen LogP contribution in [0.5, 0.6) is 0 Å². The van der Waals surface area contributed by atoms with E-state index in [-0.39, 0.29) is 0 Å². The minimum atomic E-state index is -1.18. The number of halogens is 2.